The van der Waals surface area contributed by atoms with E-state index < -0.39 is 0 Å². The number of aromatic nitrogens is 4. The molecule has 1 aromatic carbocycles. The molecule has 0 atom stereocenters. The molecule has 15 heavy (non-hydrogen) atoms. The average molecular weight is 221 g/mol. The minimum absolute atomic E-state index is 0.420. The van der Waals surface area contributed by atoms with Gasteiger partial charge in [0.15, 0.2) is 0 Å². The van der Waals surface area contributed by atoms with Crippen LogP contribution in [0.2, 0.25) is 0 Å². The molecule has 0 radical (unpaired) electrons. The topological polar surface area (TPSA) is 58.5 Å². The van der Waals surface area contributed by atoms with Gasteiger partial charge in [-0.25, -0.2) is 4.68 Å². The van der Waals surface area contributed by atoms with E-state index in [0.29, 0.717) is 4.77 Å². The second kappa shape index (κ2) is 4.22. The maximum atomic E-state index is 5.01. The Balaban J connectivity index is 2.41. The van der Waals surface area contributed by atoms with Crippen LogP contribution in [-0.4, -0.2) is 26.8 Å². The van der Waals surface area contributed by atoms with E-state index in [1.807, 2.05) is 24.3 Å². The first-order valence-corrected chi connectivity index (χ1v) is 5.06. The van der Waals surface area contributed by atoms with Gasteiger partial charge in [-0.15, -0.1) is 0 Å². The molecule has 5 nitrogen and oxygen atoms in total. The van der Waals surface area contributed by atoms with E-state index in [1.54, 1.807) is 4.68 Å². The Kier molecular flexibility index (Phi) is 2.77. The summed E-state index contributed by atoms with van der Waals surface area (Å²) in [6.45, 7) is 2.94. The number of tetrazole rings is 1. The number of hydrogen-bond acceptors (Lipinski definition) is 4. The maximum Gasteiger partial charge on any atom is 0.242 e. The van der Waals surface area contributed by atoms with E-state index >= 15 is 0 Å². The van der Waals surface area contributed by atoms with Gasteiger partial charge in [0.25, 0.3) is 0 Å². The van der Waals surface area contributed by atoms with Crippen molar-refractivity contribution in [1.29, 1.82) is 0 Å². The highest BCUT2D eigenvalue weighted by Crippen LogP contribution is 2.13. The number of nitrogens with zero attached hydrogens (tertiary/aromatic N) is 3. The zero-order valence-corrected chi connectivity index (χ0v) is 9.08. The molecular weight excluding hydrogens is 210 g/mol. The van der Waals surface area contributed by atoms with Crippen molar-refractivity contribution in [3.63, 3.8) is 0 Å². The maximum absolute atomic E-state index is 5.01. The predicted molar refractivity (Wildman–Crippen MR) is 60.7 cm³/mol. The zero-order valence-electron chi connectivity index (χ0n) is 8.27. The third-order valence-electron chi connectivity index (χ3n) is 1.96. The lowest BCUT2D eigenvalue weighted by Crippen LogP contribution is -2.00. The minimum Gasteiger partial charge on any atom is -0.385 e. The molecule has 2 N–H and O–H groups in total. The van der Waals surface area contributed by atoms with Gasteiger partial charge in [-0.2, -0.15) is 5.21 Å². The molecule has 0 saturated heterocycles. The summed E-state index contributed by atoms with van der Waals surface area (Å²) < 4.78 is 2.07. The Hall–Kier alpha value is -1.69. The molecule has 1 aromatic heterocycles. The second-order valence-corrected chi connectivity index (χ2v) is 3.36. The summed E-state index contributed by atoms with van der Waals surface area (Å²) in [5.41, 5.74) is 1.97. The molecule has 0 fully saturated rings. The highest BCUT2D eigenvalue weighted by atomic mass is 32.1. The summed E-state index contributed by atoms with van der Waals surface area (Å²) >= 11 is 5.01. The van der Waals surface area contributed by atoms with E-state index in [2.05, 4.69) is 27.8 Å². The van der Waals surface area contributed by atoms with Crippen LogP contribution in [0.3, 0.4) is 0 Å². The summed E-state index contributed by atoms with van der Waals surface area (Å²) in [4.78, 5) is 0. The summed E-state index contributed by atoms with van der Waals surface area (Å²) in [6.07, 6.45) is 0. The molecule has 2 rings (SSSR count). The van der Waals surface area contributed by atoms with Gasteiger partial charge in [0.05, 0.1) is 5.69 Å². The van der Waals surface area contributed by atoms with Gasteiger partial charge in [-0.05, 0) is 37.3 Å². The molecule has 78 valence electrons. The lowest BCUT2D eigenvalue weighted by atomic mass is 10.3. The molecular formula is C9H11N5S. The molecule has 0 saturated carbocycles. The first-order chi connectivity index (χ1) is 7.31. The fourth-order valence-corrected chi connectivity index (χ4v) is 1.51. The number of nitrogens with one attached hydrogen (secondary N) is 2. The number of benzene rings is 1. The van der Waals surface area contributed by atoms with Crippen molar-refractivity contribution < 1.29 is 0 Å². The van der Waals surface area contributed by atoms with Crippen LogP contribution < -0.4 is 5.32 Å². The Bertz CT molecular complexity index is 501. The first kappa shape index (κ1) is 9.85. The quantitative estimate of drug-likeness (QED) is 0.775. The van der Waals surface area contributed by atoms with Crippen molar-refractivity contribution in [3.8, 4) is 5.69 Å². The Labute approximate surface area is 92.1 Å². The van der Waals surface area contributed by atoms with Crippen LogP contribution in [0.15, 0.2) is 24.3 Å². The van der Waals surface area contributed by atoms with Crippen LogP contribution >= 0.6 is 12.2 Å². The number of anilines is 1. The fraction of sp³-hybridized carbons (Fsp3) is 0.222. The molecule has 0 spiro atoms. The fourth-order valence-electron chi connectivity index (χ4n) is 1.32. The van der Waals surface area contributed by atoms with Crippen molar-refractivity contribution >= 4 is 17.9 Å². The van der Waals surface area contributed by atoms with Crippen LogP contribution in [0.5, 0.6) is 0 Å². The summed E-state index contributed by atoms with van der Waals surface area (Å²) in [7, 11) is 0. The van der Waals surface area contributed by atoms with Crippen LogP contribution in [0.25, 0.3) is 5.69 Å². The van der Waals surface area contributed by atoms with Gasteiger partial charge in [0.1, 0.15) is 0 Å². The number of aromatic amines is 1. The van der Waals surface area contributed by atoms with Gasteiger partial charge < -0.3 is 5.32 Å². The van der Waals surface area contributed by atoms with Crippen molar-refractivity contribution in [1.82, 2.24) is 20.2 Å². The van der Waals surface area contributed by atoms with Crippen LogP contribution in [0.4, 0.5) is 5.69 Å². The Morgan fingerprint density at radius 2 is 2.40 bits per heavy atom. The van der Waals surface area contributed by atoms with Gasteiger partial charge in [0.2, 0.25) is 4.77 Å². The Morgan fingerprint density at radius 3 is 3.07 bits per heavy atom. The van der Waals surface area contributed by atoms with E-state index in [9.17, 15) is 0 Å². The van der Waals surface area contributed by atoms with E-state index in [0.717, 1.165) is 17.9 Å². The SMILES string of the molecule is CCNc1cccc(-n2[nH]nnc2=S)c1. The molecule has 1 heterocycles. The monoisotopic (exact) mass is 221 g/mol. The minimum atomic E-state index is 0.420. The van der Waals surface area contributed by atoms with E-state index in [4.69, 9.17) is 12.2 Å². The smallest absolute Gasteiger partial charge is 0.242 e. The third-order valence-corrected chi connectivity index (χ3v) is 2.22. The molecule has 0 amide bonds. The molecule has 0 bridgehead atoms. The molecule has 0 unspecified atom stereocenters. The van der Waals surface area contributed by atoms with Crippen molar-refractivity contribution in [2.45, 2.75) is 6.92 Å². The summed E-state index contributed by atoms with van der Waals surface area (Å²) in [6, 6.07) is 7.88. The highest BCUT2D eigenvalue weighted by molar-refractivity contribution is 7.71. The number of H-pyrrole nitrogens is 1. The molecule has 6 heteroatoms. The van der Waals surface area contributed by atoms with Crippen molar-refractivity contribution in [2.24, 2.45) is 0 Å². The van der Waals surface area contributed by atoms with Crippen molar-refractivity contribution in [2.75, 3.05) is 11.9 Å². The largest absolute Gasteiger partial charge is 0.385 e. The average Bonchev–Trinajstić information content (AvgIpc) is 2.65. The molecule has 0 aliphatic rings. The zero-order chi connectivity index (χ0) is 10.7. The lowest BCUT2D eigenvalue weighted by Gasteiger charge is -2.05. The highest BCUT2D eigenvalue weighted by Gasteiger charge is 1.99. The first-order valence-electron chi connectivity index (χ1n) is 4.65. The van der Waals surface area contributed by atoms with Crippen LogP contribution in [0.1, 0.15) is 6.92 Å². The lowest BCUT2D eigenvalue weighted by molar-refractivity contribution is 0.786. The number of rotatable bonds is 3. The van der Waals surface area contributed by atoms with Gasteiger partial charge in [0, 0.05) is 12.2 Å². The normalized spacial score (nSPS) is 10.2. The molecule has 2 aromatic rings. The van der Waals surface area contributed by atoms with Gasteiger partial charge >= 0.3 is 0 Å². The third kappa shape index (κ3) is 2.04. The number of hydrogen-bond donors (Lipinski definition) is 2. The molecule has 0 aliphatic carbocycles. The van der Waals surface area contributed by atoms with Crippen molar-refractivity contribution in [3.05, 3.63) is 29.0 Å². The standard InChI is InChI=1S/C9H11N5S/c1-2-10-7-4-3-5-8(6-7)14-9(15)11-12-13-14/h3-6,10H,2H2,1H3,(H,11,13,15). The second-order valence-electron chi connectivity index (χ2n) is 3.00. The van der Waals surface area contributed by atoms with Gasteiger partial charge in [-0.3, -0.25) is 0 Å². The Morgan fingerprint density at radius 1 is 1.53 bits per heavy atom. The van der Waals surface area contributed by atoms with E-state index in [1.165, 1.54) is 0 Å². The predicted octanol–water partition coefficient (Wildman–Crippen LogP) is 1.76. The van der Waals surface area contributed by atoms with Crippen LogP contribution in [0, 0.1) is 4.77 Å². The summed E-state index contributed by atoms with van der Waals surface area (Å²) in [5, 5.41) is 13.3. The molecule has 0 aliphatic heterocycles. The van der Waals surface area contributed by atoms with E-state index in [-0.39, 0.29) is 0 Å². The summed E-state index contributed by atoms with van der Waals surface area (Å²) in [5.74, 6) is 0. The van der Waals surface area contributed by atoms with Gasteiger partial charge in [-0.1, -0.05) is 16.4 Å². The van der Waals surface area contributed by atoms with Crippen LogP contribution in [-0.2, 0) is 0 Å².